The second kappa shape index (κ2) is 7.48. The van der Waals surface area contributed by atoms with Crippen LogP contribution >= 0.6 is 11.3 Å². The number of rotatable bonds is 6. The Bertz CT molecular complexity index is 979. The minimum atomic E-state index is -0.423. The number of hydrogen-bond acceptors (Lipinski definition) is 7. The van der Waals surface area contributed by atoms with Crippen LogP contribution < -0.4 is 4.74 Å². The molecular formula is C19H20N4O3S. The summed E-state index contributed by atoms with van der Waals surface area (Å²) in [5.41, 5.74) is 4.62. The highest BCUT2D eigenvalue weighted by molar-refractivity contribution is 7.13. The van der Waals surface area contributed by atoms with Gasteiger partial charge in [0.1, 0.15) is 6.61 Å². The van der Waals surface area contributed by atoms with Gasteiger partial charge in [0.2, 0.25) is 0 Å². The van der Waals surface area contributed by atoms with E-state index in [1.54, 1.807) is 0 Å². The monoisotopic (exact) mass is 384 g/mol. The molecule has 2 heterocycles. The van der Waals surface area contributed by atoms with Crippen LogP contribution in [0.5, 0.6) is 5.19 Å². The van der Waals surface area contributed by atoms with Crippen molar-refractivity contribution in [3.63, 3.8) is 0 Å². The van der Waals surface area contributed by atoms with Crippen LogP contribution in [0.3, 0.4) is 0 Å². The van der Waals surface area contributed by atoms with Crippen molar-refractivity contribution < 1.29 is 14.3 Å². The Kier molecular flexibility index (Phi) is 4.89. The molecule has 8 heteroatoms. The molecule has 3 aromatic rings. The highest BCUT2D eigenvalue weighted by Crippen LogP contribution is 2.29. The fourth-order valence-corrected chi connectivity index (χ4v) is 3.94. The molecule has 1 aliphatic carbocycles. The number of carbonyl (C=O) groups excluding carboxylic acids is 1. The third kappa shape index (κ3) is 3.44. The Labute approximate surface area is 161 Å². The summed E-state index contributed by atoms with van der Waals surface area (Å²) in [5, 5.41) is 13.6. The molecule has 140 valence electrons. The standard InChI is InChI=1S/C19H20N4O3S/c1-3-25-19-21-20-16(27-19)11-26-18(24)17-13-8-6-10-15(13)23(22-17)14-9-5-4-7-12(14)2/h4-5,7,9H,3,6,8,10-11H2,1-2H3. The zero-order valence-corrected chi connectivity index (χ0v) is 16.1. The van der Waals surface area contributed by atoms with Gasteiger partial charge in [-0.1, -0.05) is 34.6 Å². The number of carbonyl (C=O) groups is 1. The summed E-state index contributed by atoms with van der Waals surface area (Å²) in [7, 11) is 0. The Morgan fingerprint density at radius 1 is 1.26 bits per heavy atom. The average Bonchev–Trinajstić information content (AvgIpc) is 3.37. The first kappa shape index (κ1) is 17.7. The number of aromatic nitrogens is 4. The average molecular weight is 384 g/mol. The van der Waals surface area contributed by atoms with Gasteiger partial charge in [0.05, 0.1) is 12.3 Å². The summed E-state index contributed by atoms with van der Waals surface area (Å²) in [5.74, 6) is -0.423. The van der Waals surface area contributed by atoms with Crippen LogP contribution in [-0.2, 0) is 24.2 Å². The van der Waals surface area contributed by atoms with E-state index >= 15 is 0 Å². The first-order chi connectivity index (χ1) is 13.2. The van der Waals surface area contributed by atoms with Crippen molar-refractivity contribution in [1.82, 2.24) is 20.0 Å². The molecule has 7 nitrogen and oxygen atoms in total. The van der Waals surface area contributed by atoms with Gasteiger partial charge in [0, 0.05) is 11.3 Å². The van der Waals surface area contributed by atoms with Crippen molar-refractivity contribution in [1.29, 1.82) is 0 Å². The second-order valence-electron chi connectivity index (χ2n) is 6.30. The Morgan fingerprint density at radius 3 is 2.93 bits per heavy atom. The fourth-order valence-electron chi connectivity index (χ4n) is 3.28. The van der Waals surface area contributed by atoms with Gasteiger partial charge in [-0.15, -0.1) is 5.10 Å². The lowest BCUT2D eigenvalue weighted by Crippen LogP contribution is -2.09. The minimum absolute atomic E-state index is 0.0651. The Hall–Kier alpha value is -2.74. The summed E-state index contributed by atoms with van der Waals surface area (Å²) in [6.07, 6.45) is 2.78. The van der Waals surface area contributed by atoms with Crippen molar-refractivity contribution in [2.75, 3.05) is 6.61 Å². The van der Waals surface area contributed by atoms with Crippen molar-refractivity contribution in [3.8, 4) is 10.9 Å². The molecule has 2 aromatic heterocycles. The van der Waals surface area contributed by atoms with E-state index in [0.29, 0.717) is 22.5 Å². The van der Waals surface area contributed by atoms with Crippen molar-refractivity contribution >= 4 is 17.3 Å². The fraction of sp³-hybridized carbons (Fsp3) is 0.368. The largest absolute Gasteiger partial charge is 0.469 e. The molecule has 0 amide bonds. The van der Waals surface area contributed by atoms with Crippen molar-refractivity contribution in [2.45, 2.75) is 39.7 Å². The summed E-state index contributed by atoms with van der Waals surface area (Å²) < 4.78 is 12.6. The smallest absolute Gasteiger partial charge is 0.359 e. The number of nitrogens with zero attached hydrogens (tertiary/aromatic N) is 4. The lowest BCUT2D eigenvalue weighted by molar-refractivity contribution is 0.0463. The van der Waals surface area contributed by atoms with Gasteiger partial charge in [0.15, 0.2) is 10.7 Å². The lowest BCUT2D eigenvalue weighted by atomic mass is 10.2. The van der Waals surface area contributed by atoms with Gasteiger partial charge in [-0.05, 0) is 44.7 Å². The van der Waals surface area contributed by atoms with Crippen LogP contribution in [0.25, 0.3) is 5.69 Å². The number of aryl methyl sites for hydroxylation is 1. The van der Waals surface area contributed by atoms with Gasteiger partial charge >= 0.3 is 5.97 Å². The second-order valence-corrected chi connectivity index (χ2v) is 7.32. The number of benzene rings is 1. The predicted octanol–water partition coefficient (Wildman–Crippen LogP) is 3.28. The van der Waals surface area contributed by atoms with E-state index in [1.165, 1.54) is 11.3 Å². The van der Waals surface area contributed by atoms with E-state index in [1.807, 2.05) is 42.8 Å². The van der Waals surface area contributed by atoms with Gasteiger partial charge in [-0.3, -0.25) is 0 Å². The van der Waals surface area contributed by atoms with Crippen LogP contribution in [0.15, 0.2) is 24.3 Å². The van der Waals surface area contributed by atoms with E-state index in [4.69, 9.17) is 9.47 Å². The molecule has 0 radical (unpaired) electrons. The SMILES string of the molecule is CCOc1nnc(COC(=O)c2nn(-c3ccccc3C)c3c2CCC3)s1. The molecular weight excluding hydrogens is 364 g/mol. The lowest BCUT2D eigenvalue weighted by Gasteiger charge is -2.08. The van der Waals surface area contributed by atoms with Crippen LogP contribution in [0.2, 0.25) is 0 Å². The maximum absolute atomic E-state index is 12.7. The van der Waals surface area contributed by atoms with Crippen LogP contribution in [0, 0.1) is 6.92 Å². The number of fused-ring (bicyclic) bond motifs is 1. The van der Waals surface area contributed by atoms with Crippen LogP contribution in [-0.4, -0.2) is 32.6 Å². The quantitative estimate of drug-likeness (QED) is 0.607. The molecule has 0 fully saturated rings. The number of ether oxygens (including phenoxy) is 2. The minimum Gasteiger partial charge on any atom is -0.469 e. The third-order valence-electron chi connectivity index (χ3n) is 4.51. The van der Waals surface area contributed by atoms with Crippen LogP contribution in [0.1, 0.15) is 45.7 Å². The van der Waals surface area contributed by atoms with E-state index in [0.717, 1.165) is 41.8 Å². The third-order valence-corrected chi connectivity index (χ3v) is 5.32. The molecule has 1 aliphatic rings. The molecule has 0 N–H and O–H groups in total. The van der Waals surface area contributed by atoms with Crippen molar-refractivity contribution in [2.24, 2.45) is 0 Å². The summed E-state index contributed by atoms with van der Waals surface area (Å²) in [6, 6.07) is 8.04. The normalized spacial score (nSPS) is 12.8. The maximum atomic E-state index is 12.7. The number of hydrogen-bond donors (Lipinski definition) is 0. The molecule has 0 unspecified atom stereocenters. The van der Waals surface area contributed by atoms with Gasteiger partial charge in [0.25, 0.3) is 5.19 Å². The molecule has 0 atom stereocenters. The summed E-state index contributed by atoms with van der Waals surface area (Å²) in [6.45, 7) is 4.51. The highest BCUT2D eigenvalue weighted by Gasteiger charge is 2.28. The zero-order chi connectivity index (χ0) is 18.8. The predicted molar refractivity (Wildman–Crippen MR) is 101 cm³/mol. The molecule has 4 rings (SSSR count). The molecule has 0 bridgehead atoms. The number of esters is 1. The topological polar surface area (TPSA) is 79.1 Å². The number of para-hydroxylation sites is 1. The van der Waals surface area contributed by atoms with Crippen molar-refractivity contribution in [3.05, 3.63) is 51.8 Å². The van der Waals surface area contributed by atoms with E-state index in [2.05, 4.69) is 15.3 Å². The highest BCUT2D eigenvalue weighted by atomic mass is 32.1. The van der Waals surface area contributed by atoms with Gasteiger partial charge in [-0.2, -0.15) is 5.10 Å². The van der Waals surface area contributed by atoms with Gasteiger partial charge < -0.3 is 9.47 Å². The molecule has 0 saturated carbocycles. The molecule has 0 spiro atoms. The Morgan fingerprint density at radius 2 is 2.11 bits per heavy atom. The first-order valence-corrected chi connectivity index (χ1v) is 9.78. The molecule has 27 heavy (non-hydrogen) atoms. The molecule has 0 saturated heterocycles. The Balaban J connectivity index is 1.56. The molecule has 0 aliphatic heterocycles. The first-order valence-electron chi connectivity index (χ1n) is 8.96. The van der Waals surface area contributed by atoms with E-state index in [-0.39, 0.29) is 6.61 Å². The zero-order valence-electron chi connectivity index (χ0n) is 15.3. The van der Waals surface area contributed by atoms with E-state index in [9.17, 15) is 4.79 Å². The maximum Gasteiger partial charge on any atom is 0.359 e. The van der Waals surface area contributed by atoms with E-state index < -0.39 is 5.97 Å². The summed E-state index contributed by atoms with van der Waals surface area (Å²) in [4.78, 5) is 12.7. The molecule has 1 aromatic carbocycles. The van der Waals surface area contributed by atoms with Crippen LogP contribution in [0.4, 0.5) is 0 Å². The van der Waals surface area contributed by atoms with Gasteiger partial charge in [-0.25, -0.2) is 9.48 Å². The summed E-state index contributed by atoms with van der Waals surface area (Å²) >= 11 is 1.28.